The van der Waals surface area contributed by atoms with Crippen molar-refractivity contribution in [2.75, 3.05) is 11.4 Å². The van der Waals surface area contributed by atoms with Crippen LogP contribution in [0.1, 0.15) is 23.0 Å². The topological polar surface area (TPSA) is 81.4 Å². The number of anilines is 1. The molecule has 0 unspecified atom stereocenters. The molecule has 1 aliphatic rings. The number of carbonyl (C=O) groups excluding carboxylic acids is 1. The van der Waals surface area contributed by atoms with Gasteiger partial charge in [-0.3, -0.25) is 4.79 Å². The van der Waals surface area contributed by atoms with Gasteiger partial charge in [-0.2, -0.15) is 11.3 Å². The van der Waals surface area contributed by atoms with E-state index in [1.54, 1.807) is 41.5 Å². The molecule has 25 heavy (non-hydrogen) atoms. The molecular formula is C17H14N3O3S2-. The van der Waals surface area contributed by atoms with Crippen LogP contribution in [0, 0.1) is 6.92 Å². The van der Waals surface area contributed by atoms with Crippen LogP contribution in [0.2, 0.25) is 0 Å². The number of aryl methyl sites for hydroxylation is 1. The van der Waals surface area contributed by atoms with Gasteiger partial charge in [0.1, 0.15) is 0 Å². The van der Waals surface area contributed by atoms with E-state index in [9.17, 15) is 13.2 Å². The first-order chi connectivity index (χ1) is 11.9. The van der Waals surface area contributed by atoms with Gasteiger partial charge < -0.3 is 14.6 Å². The van der Waals surface area contributed by atoms with E-state index in [1.165, 1.54) is 17.4 Å². The molecule has 128 valence electrons. The number of aromatic nitrogens is 1. The lowest BCUT2D eigenvalue weighted by Gasteiger charge is -2.17. The summed E-state index contributed by atoms with van der Waals surface area (Å²) in [5.74, 6) is -0.106. The summed E-state index contributed by atoms with van der Waals surface area (Å²) >= 11 is 1.18. The fourth-order valence-electron chi connectivity index (χ4n) is 3.09. The van der Waals surface area contributed by atoms with Crippen LogP contribution < -0.4 is 4.90 Å². The van der Waals surface area contributed by atoms with Crippen LogP contribution in [0.3, 0.4) is 0 Å². The second-order valence-electron chi connectivity index (χ2n) is 5.70. The number of hydrogen-bond acceptors (Lipinski definition) is 5. The monoisotopic (exact) mass is 372 g/mol. The summed E-state index contributed by atoms with van der Waals surface area (Å²) in [7, 11) is -3.93. The van der Waals surface area contributed by atoms with Gasteiger partial charge in [0.15, 0.2) is 0 Å². The maximum atomic E-state index is 12.8. The van der Waals surface area contributed by atoms with Crippen LogP contribution in [0.5, 0.6) is 0 Å². The van der Waals surface area contributed by atoms with Crippen LogP contribution >= 0.6 is 11.3 Å². The number of nitrogens with zero attached hydrogens (tertiary/aromatic N) is 3. The van der Waals surface area contributed by atoms with E-state index in [-0.39, 0.29) is 15.9 Å². The van der Waals surface area contributed by atoms with Gasteiger partial charge >= 0.3 is 0 Å². The fourth-order valence-corrected chi connectivity index (χ4v) is 5.12. The third-order valence-electron chi connectivity index (χ3n) is 4.14. The summed E-state index contributed by atoms with van der Waals surface area (Å²) in [6.07, 6.45) is 0. The summed E-state index contributed by atoms with van der Waals surface area (Å²) < 4.78 is 29.5. The Labute approximate surface area is 149 Å². The number of sulfonamides is 1. The highest BCUT2D eigenvalue weighted by Gasteiger charge is 2.30. The zero-order chi connectivity index (χ0) is 17.8. The summed E-state index contributed by atoms with van der Waals surface area (Å²) in [5.41, 5.74) is 1.99. The molecule has 6 nitrogen and oxygen atoms in total. The molecule has 0 N–H and O–H groups in total. The van der Waals surface area contributed by atoms with Crippen molar-refractivity contribution in [3.05, 3.63) is 51.7 Å². The van der Waals surface area contributed by atoms with E-state index < -0.39 is 10.0 Å². The molecule has 0 radical (unpaired) electrons. The number of thiazole rings is 1. The Bertz CT molecular complexity index is 1120. The van der Waals surface area contributed by atoms with E-state index >= 15 is 0 Å². The Morgan fingerprint density at radius 2 is 2.04 bits per heavy atom. The highest BCUT2D eigenvalue weighted by molar-refractivity contribution is 7.94. The number of carbonyl (C=O) groups is 1. The average Bonchev–Trinajstić information content (AvgIpc) is 3.10. The molecule has 1 aliphatic heterocycles. The Balaban J connectivity index is 1.90. The first-order valence-corrected chi connectivity index (χ1v) is 10.0. The van der Waals surface area contributed by atoms with Crippen molar-refractivity contribution in [1.82, 2.24) is 4.98 Å². The first-order valence-electron chi connectivity index (χ1n) is 7.70. The van der Waals surface area contributed by atoms with Gasteiger partial charge in [-0.15, -0.1) is 0 Å². The zero-order valence-corrected chi connectivity index (χ0v) is 15.2. The molecule has 1 aromatic heterocycles. The first kappa shape index (κ1) is 16.0. The minimum atomic E-state index is -3.93. The molecule has 3 aromatic rings. The highest BCUT2D eigenvalue weighted by atomic mass is 32.2. The molecular weight excluding hydrogens is 358 g/mol. The molecule has 0 aliphatic carbocycles. The lowest BCUT2D eigenvalue weighted by Crippen LogP contribution is -2.25. The summed E-state index contributed by atoms with van der Waals surface area (Å²) in [5, 5.41) is 3.13. The lowest BCUT2D eigenvalue weighted by atomic mass is 10.1. The molecule has 0 spiro atoms. The minimum Gasteiger partial charge on any atom is -0.430 e. The Morgan fingerprint density at radius 1 is 1.24 bits per heavy atom. The minimum absolute atomic E-state index is 0.0895. The van der Waals surface area contributed by atoms with Crippen LogP contribution in [0.15, 0.2) is 40.6 Å². The van der Waals surface area contributed by atoms with Crippen molar-refractivity contribution in [3.63, 3.8) is 0 Å². The van der Waals surface area contributed by atoms with Crippen LogP contribution in [-0.4, -0.2) is 25.9 Å². The second-order valence-corrected chi connectivity index (χ2v) is 8.11. The maximum absolute atomic E-state index is 12.8. The van der Waals surface area contributed by atoms with E-state index in [2.05, 4.69) is 9.71 Å². The van der Waals surface area contributed by atoms with Gasteiger partial charge in [-0.25, -0.2) is 8.42 Å². The van der Waals surface area contributed by atoms with E-state index in [0.717, 1.165) is 11.4 Å². The molecule has 0 fully saturated rings. The summed E-state index contributed by atoms with van der Waals surface area (Å²) in [6, 6.07) is 8.33. The summed E-state index contributed by atoms with van der Waals surface area (Å²) in [4.78, 5) is 18.3. The molecule has 4 rings (SSSR count). The molecule has 1 amide bonds. The highest BCUT2D eigenvalue weighted by Crippen LogP contribution is 2.42. The van der Waals surface area contributed by atoms with Gasteiger partial charge in [0.2, 0.25) is 10.0 Å². The molecule has 2 heterocycles. The molecule has 0 atom stereocenters. The number of amides is 1. The predicted molar refractivity (Wildman–Crippen MR) is 98.4 cm³/mol. The van der Waals surface area contributed by atoms with Crippen LogP contribution in [0.4, 0.5) is 10.8 Å². The predicted octanol–water partition coefficient (Wildman–Crippen LogP) is 3.98. The normalized spacial score (nSPS) is 13.7. The molecule has 2 aromatic carbocycles. The Hall–Kier alpha value is -2.45. The van der Waals surface area contributed by atoms with Crippen molar-refractivity contribution < 1.29 is 13.2 Å². The van der Waals surface area contributed by atoms with E-state index in [0.29, 0.717) is 22.9 Å². The maximum Gasteiger partial charge on any atom is 0.258 e. The van der Waals surface area contributed by atoms with Crippen LogP contribution in [0.25, 0.3) is 15.5 Å². The quantitative estimate of drug-likeness (QED) is 0.694. The largest absolute Gasteiger partial charge is 0.430 e. The molecule has 8 heteroatoms. The summed E-state index contributed by atoms with van der Waals surface area (Å²) in [6.45, 7) is 4.20. The second kappa shape index (κ2) is 5.53. The molecule has 0 saturated heterocycles. The van der Waals surface area contributed by atoms with Crippen molar-refractivity contribution >= 4 is 48.9 Å². The molecule has 0 bridgehead atoms. The zero-order valence-electron chi connectivity index (χ0n) is 13.6. The van der Waals surface area contributed by atoms with Gasteiger partial charge in [0.05, 0.1) is 10.6 Å². The van der Waals surface area contributed by atoms with Crippen molar-refractivity contribution in [2.45, 2.75) is 18.7 Å². The number of hydrogen-bond donors (Lipinski definition) is 0. The Morgan fingerprint density at radius 3 is 2.72 bits per heavy atom. The fraction of sp³-hybridized carbons (Fsp3) is 0.176. The van der Waals surface area contributed by atoms with Crippen molar-refractivity contribution in [1.29, 1.82) is 0 Å². The standard InChI is InChI=1S/C17H14N3O3S2/c1-3-20-13-7-8-14(11-5-4-6-12(15(11)13)16(20)21)25(22,23)19-17-18-10(2)9-24-17/h4-9H,3H2,1-2H3/q-1. The van der Waals surface area contributed by atoms with Gasteiger partial charge in [-0.1, -0.05) is 17.8 Å². The van der Waals surface area contributed by atoms with Gasteiger partial charge in [-0.05, 0) is 37.4 Å². The number of benzene rings is 2. The van der Waals surface area contributed by atoms with Crippen LogP contribution in [-0.2, 0) is 10.0 Å². The smallest absolute Gasteiger partial charge is 0.258 e. The average molecular weight is 372 g/mol. The lowest BCUT2D eigenvalue weighted by molar-refractivity contribution is 0.0994. The Kier molecular flexibility index (Phi) is 3.55. The molecule has 0 saturated carbocycles. The van der Waals surface area contributed by atoms with Crippen molar-refractivity contribution in [3.8, 4) is 0 Å². The van der Waals surface area contributed by atoms with E-state index in [1.807, 2.05) is 6.92 Å². The van der Waals surface area contributed by atoms with Gasteiger partial charge in [0.25, 0.3) is 5.91 Å². The van der Waals surface area contributed by atoms with E-state index in [4.69, 9.17) is 0 Å². The SMILES string of the molecule is CCN1C(=O)c2cccc3c(S(=O)(=O)[N-]c4nc(C)cs4)ccc1c23. The van der Waals surface area contributed by atoms with Gasteiger partial charge in [0, 0.05) is 28.0 Å². The van der Waals surface area contributed by atoms with Crippen molar-refractivity contribution in [2.24, 2.45) is 0 Å². The third kappa shape index (κ3) is 2.40. The third-order valence-corrected chi connectivity index (χ3v) is 6.44. The number of rotatable bonds is 4.